The fourth-order valence-corrected chi connectivity index (χ4v) is 2.46. The van der Waals surface area contributed by atoms with Gasteiger partial charge in [-0.3, -0.25) is 9.48 Å². The van der Waals surface area contributed by atoms with Crippen LogP contribution in [0.3, 0.4) is 0 Å². The summed E-state index contributed by atoms with van der Waals surface area (Å²) >= 11 is 0. The molecule has 0 fully saturated rings. The molecular weight excluding hydrogens is 290 g/mol. The summed E-state index contributed by atoms with van der Waals surface area (Å²) in [5, 5.41) is 17.4. The van der Waals surface area contributed by atoms with Gasteiger partial charge in [0.15, 0.2) is 0 Å². The Morgan fingerprint density at radius 3 is 2.43 bits per heavy atom. The number of amides is 1. The number of hydrogen-bond acceptors (Lipinski definition) is 3. The highest BCUT2D eigenvalue weighted by molar-refractivity contribution is 5.76. The molecule has 0 aliphatic heterocycles. The standard InChI is InChI=1S/C18H33N3O2/c1-12(2)11-21-14(4)15(13(3)20-21)8-9-17(23)19-10-16(22)18(5,6)7/h12,16,22H,8-11H2,1-7H3,(H,19,23). The van der Waals surface area contributed by atoms with Crippen molar-refractivity contribution in [2.45, 2.75) is 74.0 Å². The average Bonchev–Trinajstić information content (AvgIpc) is 2.66. The van der Waals surface area contributed by atoms with Gasteiger partial charge < -0.3 is 10.4 Å². The van der Waals surface area contributed by atoms with Gasteiger partial charge in [0, 0.05) is 25.2 Å². The fourth-order valence-electron chi connectivity index (χ4n) is 2.46. The molecule has 5 nitrogen and oxygen atoms in total. The number of carbonyl (C=O) groups is 1. The van der Waals surface area contributed by atoms with Crippen molar-refractivity contribution in [3.63, 3.8) is 0 Å². The van der Waals surface area contributed by atoms with Crippen LogP contribution in [0.4, 0.5) is 0 Å². The van der Waals surface area contributed by atoms with Gasteiger partial charge in [-0.05, 0) is 37.2 Å². The highest BCUT2D eigenvalue weighted by Crippen LogP contribution is 2.19. The second-order valence-electron chi connectivity index (χ2n) is 7.91. The van der Waals surface area contributed by atoms with Crippen molar-refractivity contribution >= 4 is 5.91 Å². The minimum absolute atomic E-state index is 0.0243. The third-order valence-electron chi connectivity index (χ3n) is 4.16. The topological polar surface area (TPSA) is 67.2 Å². The number of aryl methyl sites for hydroxylation is 1. The van der Waals surface area contributed by atoms with Crippen molar-refractivity contribution in [1.29, 1.82) is 0 Å². The monoisotopic (exact) mass is 323 g/mol. The molecule has 0 radical (unpaired) electrons. The second-order valence-corrected chi connectivity index (χ2v) is 7.91. The van der Waals surface area contributed by atoms with Crippen molar-refractivity contribution in [3.8, 4) is 0 Å². The van der Waals surface area contributed by atoms with Crippen LogP contribution in [0.2, 0.25) is 0 Å². The lowest BCUT2D eigenvalue weighted by atomic mass is 9.89. The molecule has 1 rings (SSSR count). The van der Waals surface area contributed by atoms with Gasteiger partial charge in [-0.1, -0.05) is 34.6 Å². The van der Waals surface area contributed by atoms with Crippen LogP contribution in [0.25, 0.3) is 0 Å². The first kappa shape index (κ1) is 19.7. The van der Waals surface area contributed by atoms with Crippen molar-refractivity contribution < 1.29 is 9.90 Å². The van der Waals surface area contributed by atoms with Crippen LogP contribution in [0.1, 0.15) is 58.0 Å². The molecule has 0 aliphatic carbocycles. The van der Waals surface area contributed by atoms with E-state index < -0.39 is 6.10 Å². The minimum atomic E-state index is -0.538. The molecule has 0 saturated heterocycles. The van der Waals surface area contributed by atoms with E-state index in [0.717, 1.165) is 23.5 Å². The number of aromatic nitrogens is 2. The third-order valence-corrected chi connectivity index (χ3v) is 4.16. The number of carbonyl (C=O) groups excluding carboxylic acids is 1. The zero-order valence-corrected chi connectivity index (χ0v) is 15.7. The Kier molecular flexibility index (Phi) is 6.81. The molecule has 5 heteroatoms. The molecule has 1 aromatic rings. The number of aliphatic hydroxyl groups excluding tert-OH is 1. The van der Waals surface area contributed by atoms with E-state index in [1.165, 1.54) is 0 Å². The number of hydrogen-bond donors (Lipinski definition) is 2. The average molecular weight is 323 g/mol. The van der Waals surface area contributed by atoms with E-state index >= 15 is 0 Å². The number of nitrogens with zero attached hydrogens (tertiary/aromatic N) is 2. The van der Waals surface area contributed by atoms with Crippen molar-refractivity contribution in [1.82, 2.24) is 15.1 Å². The molecular formula is C18H33N3O2. The zero-order valence-electron chi connectivity index (χ0n) is 15.7. The van der Waals surface area contributed by atoms with Gasteiger partial charge in [0.1, 0.15) is 0 Å². The van der Waals surface area contributed by atoms with E-state index in [2.05, 4.69) is 31.2 Å². The summed E-state index contributed by atoms with van der Waals surface area (Å²) in [4.78, 5) is 12.0. The van der Waals surface area contributed by atoms with Crippen molar-refractivity contribution in [2.24, 2.45) is 11.3 Å². The maximum atomic E-state index is 12.0. The summed E-state index contributed by atoms with van der Waals surface area (Å²) in [7, 11) is 0. The quantitative estimate of drug-likeness (QED) is 0.810. The van der Waals surface area contributed by atoms with E-state index in [9.17, 15) is 9.90 Å². The molecule has 0 bridgehead atoms. The van der Waals surface area contributed by atoms with Gasteiger partial charge in [0.2, 0.25) is 5.91 Å². The van der Waals surface area contributed by atoms with E-state index in [-0.39, 0.29) is 11.3 Å². The van der Waals surface area contributed by atoms with Crippen LogP contribution in [0.15, 0.2) is 0 Å². The Labute approximate surface area is 140 Å². The Hall–Kier alpha value is -1.36. The Bertz CT molecular complexity index is 527. The molecule has 1 unspecified atom stereocenters. The van der Waals surface area contributed by atoms with Gasteiger partial charge in [-0.25, -0.2) is 0 Å². The molecule has 1 aromatic heterocycles. The van der Waals surface area contributed by atoms with Gasteiger partial charge in [-0.2, -0.15) is 5.10 Å². The lowest BCUT2D eigenvalue weighted by Crippen LogP contribution is -2.39. The van der Waals surface area contributed by atoms with E-state index in [1.54, 1.807) is 0 Å². The highest BCUT2D eigenvalue weighted by atomic mass is 16.3. The minimum Gasteiger partial charge on any atom is -0.391 e. The first-order chi connectivity index (χ1) is 10.5. The summed E-state index contributed by atoms with van der Waals surface area (Å²) in [5.74, 6) is 0.520. The predicted molar refractivity (Wildman–Crippen MR) is 93.3 cm³/mol. The molecule has 0 saturated carbocycles. The molecule has 1 atom stereocenters. The van der Waals surface area contributed by atoms with E-state index in [1.807, 2.05) is 32.4 Å². The van der Waals surface area contributed by atoms with Crippen molar-refractivity contribution in [2.75, 3.05) is 6.54 Å². The normalized spacial score (nSPS) is 13.4. The van der Waals surface area contributed by atoms with Crippen LogP contribution < -0.4 is 5.32 Å². The molecule has 0 spiro atoms. The van der Waals surface area contributed by atoms with Crippen LogP contribution >= 0.6 is 0 Å². The van der Waals surface area contributed by atoms with Crippen LogP contribution in [0.5, 0.6) is 0 Å². The number of rotatable bonds is 7. The SMILES string of the molecule is Cc1nn(CC(C)C)c(C)c1CCC(=O)NCC(O)C(C)(C)C. The summed E-state index contributed by atoms with van der Waals surface area (Å²) < 4.78 is 2.04. The molecule has 1 heterocycles. The molecule has 23 heavy (non-hydrogen) atoms. The molecule has 132 valence electrons. The van der Waals surface area contributed by atoms with Crippen molar-refractivity contribution in [3.05, 3.63) is 17.0 Å². The maximum absolute atomic E-state index is 12.0. The Morgan fingerprint density at radius 2 is 1.91 bits per heavy atom. The summed E-state index contributed by atoms with van der Waals surface area (Å²) in [5.41, 5.74) is 3.10. The van der Waals surface area contributed by atoms with Gasteiger partial charge in [0.25, 0.3) is 0 Å². The fraction of sp³-hybridized carbons (Fsp3) is 0.778. The first-order valence-electron chi connectivity index (χ1n) is 8.50. The van der Waals surface area contributed by atoms with Gasteiger partial charge >= 0.3 is 0 Å². The van der Waals surface area contributed by atoms with E-state index in [0.29, 0.717) is 25.3 Å². The molecule has 0 aromatic carbocycles. The lowest BCUT2D eigenvalue weighted by molar-refractivity contribution is -0.121. The van der Waals surface area contributed by atoms with Gasteiger partial charge in [-0.15, -0.1) is 0 Å². The second kappa shape index (κ2) is 7.95. The molecule has 0 aliphatic rings. The van der Waals surface area contributed by atoms with E-state index in [4.69, 9.17) is 0 Å². The number of aliphatic hydroxyl groups is 1. The smallest absolute Gasteiger partial charge is 0.220 e. The Morgan fingerprint density at radius 1 is 1.30 bits per heavy atom. The summed E-state index contributed by atoms with van der Waals surface area (Å²) in [6.07, 6.45) is 0.572. The third kappa shape index (κ3) is 5.98. The lowest BCUT2D eigenvalue weighted by Gasteiger charge is -2.25. The largest absolute Gasteiger partial charge is 0.391 e. The number of nitrogens with one attached hydrogen (secondary N) is 1. The predicted octanol–water partition coefficient (Wildman–Crippen LogP) is 2.61. The summed E-state index contributed by atoms with van der Waals surface area (Å²) in [6.45, 7) is 15.5. The maximum Gasteiger partial charge on any atom is 0.220 e. The first-order valence-corrected chi connectivity index (χ1v) is 8.50. The molecule has 1 amide bonds. The Balaban J connectivity index is 2.55. The van der Waals surface area contributed by atoms with Gasteiger partial charge in [0.05, 0.1) is 11.8 Å². The van der Waals surface area contributed by atoms with Crippen LogP contribution in [-0.4, -0.2) is 33.4 Å². The molecule has 2 N–H and O–H groups in total. The highest BCUT2D eigenvalue weighted by Gasteiger charge is 2.22. The van der Waals surface area contributed by atoms with Crippen LogP contribution in [-0.2, 0) is 17.8 Å². The zero-order chi connectivity index (χ0) is 17.8. The van der Waals surface area contributed by atoms with Crippen LogP contribution in [0, 0.1) is 25.2 Å². The summed E-state index contributed by atoms with van der Waals surface area (Å²) in [6, 6.07) is 0.